The zero-order valence-electron chi connectivity index (χ0n) is 20.1. The highest BCUT2D eigenvalue weighted by Crippen LogP contribution is 2.29. The Morgan fingerprint density at radius 2 is 1.32 bits per heavy atom. The Morgan fingerprint density at radius 1 is 0.806 bits per heavy atom. The fourth-order valence-electron chi connectivity index (χ4n) is 4.77. The molecule has 1 aliphatic heterocycles. The Balaban J connectivity index is 2.01. The number of ether oxygens (including phenoxy) is 4. The fraction of sp³-hybridized carbons (Fsp3) is 0.917. The first kappa shape index (κ1) is 26.1. The number of hydrogen-bond acceptors (Lipinski definition) is 7. The summed E-state index contributed by atoms with van der Waals surface area (Å²) in [5.74, 6) is -0.493. The summed E-state index contributed by atoms with van der Waals surface area (Å²) in [7, 11) is 4.01. The zero-order valence-corrected chi connectivity index (χ0v) is 20.1. The van der Waals surface area contributed by atoms with Crippen LogP contribution in [0.4, 0.5) is 0 Å². The second kappa shape index (κ2) is 13.4. The van der Waals surface area contributed by atoms with Crippen molar-refractivity contribution in [2.45, 2.75) is 128 Å². The van der Waals surface area contributed by atoms with E-state index in [0.29, 0.717) is 0 Å². The number of carbonyl (C=O) groups is 2. The van der Waals surface area contributed by atoms with Crippen molar-refractivity contribution in [2.24, 2.45) is 0 Å². The average molecular weight is 442 g/mol. The third-order valence-corrected chi connectivity index (χ3v) is 6.32. The highest BCUT2D eigenvalue weighted by Gasteiger charge is 2.42. The number of esters is 2. The van der Waals surface area contributed by atoms with Crippen LogP contribution < -0.4 is 0 Å². The summed E-state index contributed by atoms with van der Waals surface area (Å²) >= 11 is 0. The van der Waals surface area contributed by atoms with Gasteiger partial charge in [-0.2, -0.15) is 0 Å². The third kappa shape index (κ3) is 9.46. The van der Waals surface area contributed by atoms with Gasteiger partial charge in [-0.3, -0.25) is 9.59 Å². The summed E-state index contributed by atoms with van der Waals surface area (Å²) < 4.78 is 23.8. The number of rotatable bonds is 5. The smallest absolute Gasteiger partial charge is 0.303 e. The normalized spacial score (nSPS) is 33.7. The van der Waals surface area contributed by atoms with E-state index in [4.69, 9.17) is 18.9 Å². The Kier molecular flexibility index (Phi) is 11.3. The van der Waals surface area contributed by atoms with Crippen molar-refractivity contribution in [3.63, 3.8) is 0 Å². The number of nitrogens with zero attached hydrogens (tertiary/aromatic N) is 1. The molecular formula is C24H43NO6. The minimum Gasteiger partial charge on any atom is -0.463 e. The van der Waals surface area contributed by atoms with Gasteiger partial charge >= 0.3 is 11.9 Å². The van der Waals surface area contributed by atoms with Crippen molar-refractivity contribution in [1.82, 2.24) is 4.90 Å². The van der Waals surface area contributed by atoms with Gasteiger partial charge in [-0.15, -0.1) is 0 Å². The van der Waals surface area contributed by atoms with Gasteiger partial charge in [0.25, 0.3) is 0 Å². The molecule has 0 aromatic carbocycles. The van der Waals surface area contributed by atoms with Crippen molar-refractivity contribution >= 4 is 11.9 Å². The van der Waals surface area contributed by atoms with Crippen molar-refractivity contribution in [3.8, 4) is 0 Å². The summed E-state index contributed by atoms with van der Waals surface area (Å²) in [6.07, 6.45) is 10.2. The van der Waals surface area contributed by atoms with E-state index >= 15 is 0 Å². The maximum absolute atomic E-state index is 11.8. The third-order valence-electron chi connectivity index (χ3n) is 6.32. The fourth-order valence-corrected chi connectivity index (χ4v) is 4.77. The van der Waals surface area contributed by atoms with Gasteiger partial charge in [-0.1, -0.05) is 25.7 Å². The maximum Gasteiger partial charge on any atom is 0.303 e. The largest absolute Gasteiger partial charge is 0.463 e. The van der Waals surface area contributed by atoms with Gasteiger partial charge in [0.15, 0.2) is 12.4 Å². The summed E-state index contributed by atoms with van der Waals surface area (Å²) in [6.45, 7) is 4.98. The predicted molar refractivity (Wildman–Crippen MR) is 119 cm³/mol. The van der Waals surface area contributed by atoms with Gasteiger partial charge in [0.2, 0.25) is 0 Å². The molecule has 0 N–H and O–H groups in total. The lowest BCUT2D eigenvalue weighted by Gasteiger charge is -2.43. The van der Waals surface area contributed by atoms with E-state index in [2.05, 4.69) is 4.90 Å². The topological polar surface area (TPSA) is 74.3 Å². The van der Waals surface area contributed by atoms with Crippen molar-refractivity contribution in [3.05, 3.63) is 0 Å². The summed E-state index contributed by atoms with van der Waals surface area (Å²) in [5.41, 5.74) is 0. The van der Waals surface area contributed by atoms with Crippen LogP contribution in [0.3, 0.4) is 0 Å². The van der Waals surface area contributed by atoms with E-state index in [1.54, 1.807) is 0 Å². The SMILES string of the molecule is CC(=O)OC1CCCCCCC(OC2OC(C)CC(N(C)C)C2OC(C)=O)CCCC1. The monoisotopic (exact) mass is 441 g/mol. The molecule has 6 unspecified atom stereocenters. The molecule has 0 aromatic heterocycles. The number of likely N-dealkylation sites (N-methyl/N-ethyl adjacent to an activating group) is 1. The quantitative estimate of drug-likeness (QED) is 0.592. The van der Waals surface area contributed by atoms with Gasteiger partial charge in [0, 0.05) is 13.8 Å². The molecule has 0 amide bonds. The number of carbonyl (C=O) groups excluding carboxylic acids is 2. The molecule has 1 aliphatic carbocycles. The van der Waals surface area contributed by atoms with Crippen LogP contribution in [0.25, 0.3) is 0 Å². The van der Waals surface area contributed by atoms with Crippen LogP contribution in [-0.2, 0) is 28.5 Å². The minimum absolute atomic E-state index is 0.0352. The predicted octanol–water partition coefficient (Wildman–Crippen LogP) is 4.21. The van der Waals surface area contributed by atoms with Gasteiger partial charge in [-0.05, 0) is 66.0 Å². The lowest BCUT2D eigenvalue weighted by atomic mass is 9.97. The summed E-state index contributed by atoms with van der Waals surface area (Å²) in [6, 6.07) is 0.0633. The van der Waals surface area contributed by atoms with Gasteiger partial charge in [0.05, 0.1) is 18.2 Å². The van der Waals surface area contributed by atoms with Crippen LogP contribution in [0.15, 0.2) is 0 Å². The van der Waals surface area contributed by atoms with Crippen LogP contribution >= 0.6 is 0 Å². The van der Waals surface area contributed by atoms with Gasteiger partial charge in [-0.25, -0.2) is 0 Å². The van der Waals surface area contributed by atoms with Crippen LogP contribution in [0.1, 0.15) is 91.4 Å². The lowest BCUT2D eigenvalue weighted by molar-refractivity contribution is -0.274. The Hall–Kier alpha value is -1.18. The summed E-state index contributed by atoms with van der Waals surface area (Å²) in [4.78, 5) is 25.2. The van der Waals surface area contributed by atoms with Crippen LogP contribution in [0.2, 0.25) is 0 Å². The minimum atomic E-state index is -0.549. The Bertz CT molecular complexity index is 554. The molecule has 2 rings (SSSR count). The molecule has 2 fully saturated rings. The first-order valence-electron chi connectivity index (χ1n) is 12.1. The molecule has 0 bridgehead atoms. The second-order valence-electron chi connectivity index (χ2n) is 9.42. The average Bonchev–Trinajstić information content (AvgIpc) is 2.66. The van der Waals surface area contributed by atoms with Crippen LogP contribution in [-0.4, -0.2) is 67.7 Å². The standard InChI is InChI=1S/C24H43NO6/c1-17-16-22(25(4)5)23(30-19(3)27)24(28-17)31-21-13-9-7-6-8-12-20(29-18(2)26)14-10-11-15-21/h17,20-24H,6-16H2,1-5H3. The molecule has 7 nitrogen and oxygen atoms in total. The van der Waals surface area contributed by atoms with E-state index in [0.717, 1.165) is 70.6 Å². The molecule has 1 saturated carbocycles. The molecule has 0 spiro atoms. The highest BCUT2D eigenvalue weighted by molar-refractivity contribution is 5.66. The first-order chi connectivity index (χ1) is 14.8. The van der Waals surface area contributed by atoms with Crippen LogP contribution in [0.5, 0.6) is 0 Å². The molecule has 0 aromatic rings. The van der Waals surface area contributed by atoms with Crippen molar-refractivity contribution in [1.29, 1.82) is 0 Å². The molecule has 180 valence electrons. The molecule has 1 heterocycles. The van der Waals surface area contributed by atoms with E-state index in [9.17, 15) is 9.59 Å². The Morgan fingerprint density at radius 3 is 1.84 bits per heavy atom. The molecular weight excluding hydrogens is 398 g/mol. The van der Waals surface area contributed by atoms with E-state index in [-0.39, 0.29) is 36.3 Å². The molecule has 2 aliphatic rings. The molecule has 0 radical (unpaired) electrons. The van der Waals surface area contributed by atoms with Crippen LogP contribution in [0, 0.1) is 0 Å². The maximum atomic E-state index is 11.8. The van der Waals surface area contributed by atoms with E-state index < -0.39 is 12.4 Å². The molecule has 1 saturated heterocycles. The van der Waals surface area contributed by atoms with E-state index in [1.807, 2.05) is 21.0 Å². The van der Waals surface area contributed by atoms with Gasteiger partial charge in [0.1, 0.15) is 6.10 Å². The summed E-state index contributed by atoms with van der Waals surface area (Å²) in [5, 5.41) is 0. The number of hydrogen-bond donors (Lipinski definition) is 0. The Labute approximate surface area is 188 Å². The molecule has 6 atom stereocenters. The lowest BCUT2D eigenvalue weighted by Crippen LogP contribution is -2.56. The molecule has 31 heavy (non-hydrogen) atoms. The van der Waals surface area contributed by atoms with Crippen molar-refractivity contribution < 1.29 is 28.5 Å². The van der Waals surface area contributed by atoms with Gasteiger partial charge < -0.3 is 23.8 Å². The first-order valence-corrected chi connectivity index (χ1v) is 12.1. The molecule has 7 heteroatoms. The highest BCUT2D eigenvalue weighted by atomic mass is 16.7. The second-order valence-corrected chi connectivity index (χ2v) is 9.42. The zero-order chi connectivity index (χ0) is 22.8. The van der Waals surface area contributed by atoms with Crippen molar-refractivity contribution in [2.75, 3.05) is 14.1 Å². The van der Waals surface area contributed by atoms with E-state index in [1.165, 1.54) is 13.8 Å².